The molecule has 0 bridgehead atoms. The summed E-state index contributed by atoms with van der Waals surface area (Å²) in [6, 6.07) is 10.2. The molecule has 0 aliphatic heterocycles. The van der Waals surface area contributed by atoms with Crippen LogP contribution in [0.25, 0.3) is 5.00 Å². The third-order valence-corrected chi connectivity index (χ3v) is 6.53. The molecule has 0 saturated heterocycles. The van der Waals surface area contributed by atoms with Crippen molar-refractivity contribution in [1.29, 1.82) is 0 Å². The summed E-state index contributed by atoms with van der Waals surface area (Å²) < 4.78 is 24.5. The zero-order valence-electron chi connectivity index (χ0n) is 15.1. The largest absolute Gasteiger partial charge is 0.352 e. The van der Waals surface area contributed by atoms with Crippen LogP contribution in [0.4, 0.5) is 0 Å². The number of sulfonamides is 1. The van der Waals surface area contributed by atoms with Crippen LogP contribution in [0.3, 0.4) is 0 Å². The third kappa shape index (κ3) is 4.29. The van der Waals surface area contributed by atoms with Crippen LogP contribution in [-0.2, 0) is 16.4 Å². The Morgan fingerprint density at radius 2 is 1.78 bits per heavy atom. The van der Waals surface area contributed by atoms with Crippen molar-refractivity contribution in [3.8, 4) is 5.00 Å². The number of benzene rings is 1. The molecule has 6 nitrogen and oxygen atoms in total. The van der Waals surface area contributed by atoms with Gasteiger partial charge in [-0.3, -0.25) is 4.79 Å². The maximum Gasteiger partial charge on any atom is 0.254 e. The topological polar surface area (TPSA) is 94.2 Å². The van der Waals surface area contributed by atoms with Crippen molar-refractivity contribution < 1.29 is 13.2 Å². The van der Waals surface area contributed by atoms with Crippen LogP contribution in [0.5, 0.6) is 0 Å². The van der Waals surface area contributed by atoms with Gasteiger partial charge in [0.1, 0.15) is 5.00 Å². The van der Waals surface area contributed by atoms with Gasteiger partial charge in [0.25, 0.3) is 5.91 Å². The molecule has 3 rings (SSSR count). The smallest absolute Gasteiger partial charge is 0.254 e. The number of nitrogens with one attached hydrogen (secondary N) is 1. The van der Waals surface area contributed by atoms with Gasteiger partial charge in [-0.1, -0.05) is 12.1 Å². The number of hydrogen-bond acceptors (Lipinski definition) is 4. The molecule has 0 fully saturated rings. The number of nitrogens with two attached hydrogens (primary N) is 1. The highest BCUT2D eigenvalue weighted by Gasteiger charge is 2.20. The van der Waals surface area contributed by atoms with Gasteiger partial charge in [-0.15, -0.1) is 11.3 Å². The standard InChI is InChI=1S/C19H21N3O3S2/c1-13-14(2)26-19(22-11-3-4-12-22)17(13)18(23)21-10-9-15-5-7-16(8-6-15)27(20,24)25/h3-8,11-12H,9-10H2,1-2H3,(H,21,23)(H2,20,24,25). The zero-order chi connectivity index (χ0) is 19.6. The molecule has 3 N–H and O–H groups in total. The Kier molecular flexibility index (Phi) is 5.50. The van der Waals surface area contributed by atoms with E-state index in [1.165, 1.54) is 12.1 Å². The minimum atomic E-state index is -3.69. The maximum atomic E-state index is 12.8. The molecule has 1 amide bonds. The van der Waals surface area contributed by atoms with E-state index in [2.05, 4.69) is 5.32 Å². The van der Waals surface area contributed by atoms with E-state index in [-0.39, 0.29) is 10.8 Å². The lowest BCUT2D eigenvalue weighted by molar-refractivity contribution is 0.0954. The van der Waals surface area contributed by atoms with Gasteiger partial charge in [-0.25, -0.2) is 13.6 Å². The number of aromatic nitrogens is 1. The van der Waals surface area contributed by atoms with Crippen LogP contribution in [0, 0.1) is 13.8 Å². The van der Waals surface area contributed by atoms with Gasteiger partial charge < -0.3 is 9.88 Å². The Bertz CT molecular complexity index is 1050. The summed E-state index contributed by atoms with van der Waals surface area (Å²) in [6.07, 6.45) is 4.45. The van der Waals surface area contributed by atoms with Gasteiger partial charge >= 0.3 is 0 Å². The van der Waals surface area contributed by atoms with Crippen molar-refractivity contribution >= 4 is 27.3 Å². The summed E-state index contributed by atoms with van der Waals surface area (Å²) >= 11 is 1.59. The molecule has 0 unspecified atom stereocenters. The Morgan fingerprint density at radius 1 is 1.15 bits per heavy atom. The first-order valence-electron chi connectivity index (χ1n) is 8.40. The lowest BCUT2D eigenvalue weighted by atomic mass is 10.1. The molecule has 3 aromatic rings. The highest BCUT2D eigenvalue weighted by Crippen LogP contribution is 2.30. The molecule has 1 aromatic carbocycles. The second-order valence-electron chi connectivity index (χ2n) is 6.25. The molecule has 0 saturated carbocycles. The molecule has 8 heteroatoms. The van der Waals surface area contributed by atoms with Crippen molar-refractivity contribution in [2.24, 2.45) is 5.14 Å². The van der Waals surface area contributed by atoms with Crippen LogP contribution in [0.2, 0.25) is 0 Å². The highest BCUT2D eigenvalue weighted by molar-refractivity contribution is 7.89. The average molecular weight is 404 g/mol. The predicted octanol–water partition coefficient (Wildman–Crippen LogP) is 2.78. The molecular weight excluding hydrogens is 382 g/mol. The second kappa shape index (κ2) is 7.67. The lowest BCUT2D eigenvalue weighted by Crippen LogP contribution is -2.26. The first-order chi connectivity index (χ1) is 12.8. The second-order valence-corrected chi connectivity index (χ2v) is 9.01. The number of amides is 1. The Morgan fingerprint density at radius 3 is 2.37 bits per heavy atom. The summed E-state index contributed by atoms with van der Waals surface area (Å²) in [6.45, 7) is 4.42. The Balaban J connectivity index is 1.68. The van der Waals surface area contributed by atoms with Gasteiger partial charge in [0.05, 0.1) is 10.5 Å². The summed E-state index contributed by atoms with van der Waals surface area (Å²) in [5.41, 5.74) is 2.60. The zero-order valence-corrected chi connectivity index (χ0v) is 16.7. The molecule has 0 aliphatic carbocycles. The van der Waals surface area contributed by atoms with Crippen LogP contribution < -0.4 is 10.5 Å². The van der Waals surface area contributed by atoms with Crippen LogP contribution in [0.1, 0.15) is 26.4 Å². The fraction of sp³-hybridized carbons (Fsp3) is 0.211. The minimum absolute atomic E-state index is 0.0797. The number of rotatable bonds is 6. The summed E-state index contributed by atoms with van der Waals surface area (Å²) in [5, 5.41) is 8.96. The number of carbonyl (C=O) groups is 1. The van der Waals surface area contributed by atoms with E-state index < -0.39 is 10.0 Å². The van der Waals surface area contributed by atoms with E-state index in [4.69, 9.17) is 5.14 Å². The van der Waals surface area contributed by atoms with Crippen molar-refractivity contribution in [3.05, 3.63) is 70.4 Å². The van der Waals surface area contributed by atoms with Gasteiger partial charge in [0.15, 0.2) is 0 Å². The van der Waals surface area contributed by atoms with E-state index in [0.29, 0.717) is 18.5 Å². The van der Waals surface area contributed by atoms with E-state index in [9.17, 15) is 13.2 Å². The molecule has 0 spiro atoms. The number of hydrogen-bond donors (Lipinski definition) is 2. The van der Waals surface area contributed by atoms with Crippen molar-refractivity contribution in [2.75, 3.05) is 6.54 Å². The van der Waals surface area contributed by atoms with E-state index >= 15 is 0 Å². The molecule has 2 heterocycles. The molecule has 142 valence electrons. The normalized spacial score (nSPS) is 11.5. The monoisotopic (exact) mass is 403 g/mol. The van der Waals surface area contributed by atoms with E-state index in [0.717, 1.165) is 21.0 Å². The SMILES string of the molecule is Cc1sc(-n2cccc2)c(C(=O)NCCc2ccc(S(N)(=O)=O)cc2)c1C. The highest BCUT2D eigenvalue weighted by atomic mass is 32.2. The summed E-state index contributed by atoms with van der Waals surface area (Å²) in [7, 11) is -3.69. The fourth-order valence-electron chi connectivity index (χ4n) is 2.78. The number of primary sulfonamides is 1. The van der Waals surface area contributed by atoms with Crippen molar-refractivity contribution in [1.82, 2.24) is 9.88 Å². The number of thiophene rings is 1. The van der Waals surface area contributed by atoms with E-state index in [1.807, 2.05) is 42.9 Å². The minimum Gasteiger partial charge on any atom is -0.352 e. The number of nitrogens with zero attached hydrogens (tertiary/aromatic N) is 1. The third-order valence-electron chi connectivity index (χ3n) is 4.38. The molecule has 0 aliphatic rings. The molecular formula is C19H21N3O3S2. The summed E-state index contributed by atoms with van der Waals surface area (Å²) in [4.78, 5) is 14.0. The quantitative estimate of drug-likeness (QED) is 0.663. The van der Waals surface area contributed by atoms with Gasteiger partial charge in [0.2, 0.25) is 10.0 Å². The van der Waals surface area contributed by atoms with Crippen molar-refractivity contribution in [2.45, 2.75) is 25.2 Å². The molecule has 27 heavy (non-hydrogen) atoms. The molecule has 0 radical (unpaired) electrons. The first-order valence-corrected chi connectivity index (χ1v) is 10.8. The van der Waals surface area contributed by atoms with Crippen LogP contribution in [-0.4, -0.2) is 25.4 Å². The Labute approximate surface area is 162 Å². The molecule has 0 atom stereocenters. The number of aryl methyl sites for hydroxylation is 1. The fourth-order valence-corrected chi connectivity index (χ4v) is 4.42. The first kappa shape index (κ1) is 19.3. The lowest BCUT2D eigenvalue weighted by Gasteiger charge is -2.09. The van der Waals surface area contributed by atoms with Crippen LogP contribution >= 0.6 is 11.3 Å². The van der Waals surface area contributed by atoms with Crippen LogP contribution in [0.15, 0.2) is 53.7 Å². The Hall–Kier alpha value is -2.42. The van der Waals surface area contributed by atoms with Crippen molar-refractivity contribution in [3.63, 3.8) is 0 Å². The van der Waals surface area contributed by atoms with Gasteiger partial charge in [0, 0.05) is 23.8 Å². The predicted molar refractivity (Wildman–Crippen MR) is 107 cm³/mol. The van der Waals surface area contributed by atoms with Gasteiger partial charge in [-0.2, -0.15) is 0 Å². The maximum absolute atomic E-state index is 12.8. The van der Waals surface area contributed by atoms with Gasteiger partial charge in [-0.05, 0) is 55.7 Å². The molecule has 2 aromatic heterocycles. The van der Waals surface area contributed by atoms with E-state index in [1.54, 1.807) is 23.5 Å². The summed E-state index contributed by atoms with van der Waals surface area (Å²) in [5.74, 6) is -0.110. The average Bonchev–Trinajstić information content (AvgIpc) is 3.23. The number of carbonyl (C=O) groups excluding carboxylic acids is 1.